The molecule has 0 radical (unpaired) electrons. The van der Waals surface area contributed by atoms with Gasteiger partial charge in [0.15, 0.2) is 23.3 Å². The van der Waals surface area contributed by atoms with Crippen molar-refractivity contribution in [1.29, 1.82) is 0 Å². The van der Waals surface area contributed by atoms with Gasteiger partial charge >= 0.3 is 0 Å². The third-order valence-electron chi connectivity index (χ3n) is 3.60. The number of hydrogen-bond acceptors (Lipinski definition) is 2. The van der Waals surface area contributed by atoms with E-state index in [0.717, 1.165) is 12.8 Å². The van der Waals surface area contributed by atoms with Gasteiger partial charge < -0.3 is 9.84 Å². The van der Waals surface area contributed by atoms with Crippen LogP contribution in [0.2, 0.25) is 0 Å². The van der Waals surface area contributed by atoms with Crippen molar-refractivity contribution in [3.05, 3.63) is 34.6 Å². The average Bonchev–Trinajstić information content (AvgIpc) is 2.96. The highest BCUT2D eigenvalue weighted by Crippen LogP contribution is 2.30. The van der Waals surface area contributed by atoms with Gasteiger partial charge in [-0.05, 0) is 32.1 Å². The molecule has 21 heavy (non-hydrogen) atoms. The van der Waals surface area contributed by atoms with Crippen molar-refractivity contribution in [1.82, 2.24) is 0 Å². The second kappa shape index (κ2) is 6.70. The molecule has 7 heteroatoms. The van der Waals surface area contributed by atoms with Crippen LogP contribution in [-0.4, -0.2) is 17.8 Å². The standard InChI is InChI=1S/C14H15F5O2/c15-10-9(11(16)13(18)14(19)12(10)17)8(20)5-1-3-7-4-2-6-21-7/h7-8,20H,1-6H2. The van der Waals surface area contributed by atoms with E-state index in [4.69, 9.17) is 4.74 Å². The Labute approximate surface area is 118 Å². The zero-order chi connectivity index (χ0) is 15.6. The summed E-state index contributed by atoms with van der Waals surface area (Å²) in [6.45, 7) is 0.658. The van der Waals surface area contributed by atoms with Crippen LogP contribution in [0.25, 0.3) is 0 Å². The first kappa shape index (κ1) is 16.2. The highest BCUT2D eigenvalue weighted by molar-refractivity contribution is 5.26. The molecule has 1 aliphatic heterocycles. The Kier molecular flexibility index (Phi) is 5.16. The molecule has 2 unspecified atom stereocenters. The Morgan fingerprint density at radius 3 is 2.10 bits per heavy atom. The lowest BCUT2D eigenvalue weighted by atomic mass is 10.00. The zero-order valence-electron chi connectivity index (χ0n) is 11.1. The molecule has 2 atom stereocenters. The van der Waals surface area contributed by atoms with E-state index in [1.165, 1.54) is 0 Å². The van der Waals surface area contributed by atoms with Gasteiger partial charge in [-0.3, -0.25) is 0 Å². The molecule has 1 saturated heterocycles. The molecular weight excluding hydrogens is 295 g/mol. The van der Waals surface area contributed by atoms with E-state index in [1.807, 2.05) is 0 Å². The molecule has 1 heterocycles. The second-order valence-electron chi connectivity index (χ2n) is 5.07. The van der Waals surface area contributed by atoms with Gasteiger partial charge in [-0.15, -0.1) is 0 Å². The molecular formula is C14H15F5O2. The van der Waals surface area contributed by atoms with Crippen LogP contribution in [0.1, 0.15) is 43.8 Å². The fraction of sp³-hybridized carbons (Fsp3) is 0.571. The molecule has 0 bridgehead atoms. The average molecular weight is 310 g/mol. The van der Waals surface area contributed by atoms with Crippen molar-refractivity contribution in [2.24, 2.45) is 0 Å². The van der Waals surface area contributed by atoms with Gasteiger partial charge in [-0.2, -0.15) is 0 Å². The number of ether oxygens (including phenoxy) is 1. The minimum Gasteiger partial charge on any atom is -0.388 e. The van der Waals surface area contributed by atoms with Gasteiger partial charge in [0, 0.05) is 6.61 Å². The maximum atomic E-state index is 13.5. The molecule has 2 rings (SSSR count). The number of aliphatic hydroxyl groups is 1. The lowest BCUT2D eigenvalue weighted by molar-refractivity contribution is 0.0931. The highest BCUT2D eigenvalue weighted by atomic mass is 19.2. The Hall–Kier alpha value is -1.21. The summed E-state index contributed by atoms with van der Waals surface area (Å²) >= 11 is 0. The Balaban J connectivity index is 2.06. The van der Waals surface area contributed by atoms with Crippen molar-refractivity contribution in [3.8, 4) is 0 Å². The largest absolute Gasteiger partial charge is 0.388 e. The lowest BCUT2D eigenvalue weighted by Gasteiger charge is -2.15. The number of aliphatic hydroxyl groups excluding tert-OH is 1. The third-order valence-corrected chi connectivity index (χ3v) is 3.60. The van der Waals surface area contributed by atoms with Gasteiger partial charge in [0.2, 0.25) is 5.82 Å². The number of rotatable bonds is 5. The van der Waals surface area contributed by atoms with E-state index in [-0.39, 0.29) is 12.5 Å². The van der Waals surface area contributed by atoms with Crippen LogP contribution >= 0.6 is 0 Å². The summed E-state index contributed by atoms with van der Waals surface area (Å²) in [6.07, 6.45) is 0.948. The van der Waals surface area contributed by atoms with E-state index >= 15 is 0 Å². The normalized spacial score (nSPS) is 20.0. The van der Waals surface area contributed by atoms with Gasteiger partial charge in [-0.1, -0.05) is 0 Å². The summed E-state index contributed by atoms with van der Waals surface area (Å²) < 4.78 is 71.3. The molecule has 2 nitrogen and oxygen atoms in total. The fourth-order valence-corrected chi connectivity index (χ4v) is 2.47. The molecule has 0 saturated carbocycles. The molecule has 0 aromatic heterocycles. The van der Waals surface area contributed by atoms with Crippen LogP contribution in [0.15, 0.2) is 0 Å². The summed E-state index contributed by atoms with van der Waals surface area (Å²) in [5.74, 6) is -10.3. The highest BCUT2D eigenvalue weighted by Gasteiger charge is 2.29. The zero-order valence-corrected chi connectivity index (χ0v) is 11.1. The minimum absolute atomic E-state index is 0.0357. The second-order valence-corrected chi connectivity index (χ2v) is 5.07. The van der Waals surface area contributed by atoms with Crippen LogP contribution in [0.5, 0.6) is 0 Å². The maximum Gasteiger partial charge on any atom is 0.200 e. The number of hydrogen-bond donors (Lipinski definition) is 1. The van der Waals surface area contributed by atoms with Crippen LogP contribution in [0, 0.1) is 29.1 Å². The quantitative estimate of drug-likeness (QED) is 0.510. The number of halogens is 5. The molecule has 0 amide bonds. The maximum absolute atomic E-state index is 13.5. The molecule has 1 aromatic carbocycles. The van der Waals surface area contributed by atoms with E-state index in [2.05, 4.69) is 0 Å². The van der Waals surface area contributed by atoms with Crippen LogP contribution in [0.3, 0.4) is 0 Å². The lowest BCUT2D eigenvalue weighted by Crippen LogP contribution is -2.12. The monoisotopic (exact) mass is 310 g/mol. The number of benzene rings is 1. The fourth-order valence-electron chi connectivity index (χ4n) is 2.47. The van der Waals surface area contributed by atoms with Gasteiger partial charge in [0.1, 0.15) is 0 Å². The van der Waals surface area contributed by atoms with Gasteiger partial charge in [0.05, 0.1) is 17.8 Å². The third kappa shape index (κ3) is 3.35. The molecule has 1 N–H and O–H groups in total. The molecule has 1 aromatic rings. The van der Waals surface area contributed by atoms with Crippen LogP contribution in [0.4, 0.5) is 22.0 Å². The smallest absolute Gasteiger partial charge is 0.200 e. The molecule has 0 spiro atoms. The summed E-state index contributed by atoms with van der Waals surface area (Å²) in [4.78, 5) is 0. The topological polar surface area (TPSA) is 29.5 Å². The first-order valence-corrected chi connectivity index (χ1v) is 6.74. The molecule has 1 fully saturated rings. The van der Waals surface area contributed by atoms with Crippen molar-refractivity contribution in [2.75, 3.05) is 6.61 Å². The molecule has 118 valence electrons. The molecule has 1 aliphatic rings. The van der Waals surface area contributed by atoms with Crippen LogP contribution < -0.4 is 0 Å². The van der Waals surface area contributed by atoms with E-state index in [0.29, 0.717) is 19.4 Å². The van der Waals surface area contributed by atoms with Crippen molar-refractivity contribution < 1.29 is 31.8 Å². The van der Waals surface area contributed by atoms with Crippen molar-refractivity contribution in [2.45, 2.75) is 44.3 Å². The van der Waals surface area contributed by atoms with Gasteiger partial charge in [0.25, 0.3) is 0 Å². The Morgan fingerprint density at radius 2 is 1.57 bits per heavy atom. The van der Waals surface area contributed by atoms with Crippen LogP contribution in [-0.2, 0) is 4.74 Å². The summed E-state index contributed by atoms with van der Waals surface area (Å²) in [5.41, 5.74) is -1.17. The van der Waals surface area contributed by atoms with Crippen molar-refractivity contribution in [3.63, 3.8) is 0 Å². The summed E-state index contributed by atoms with van der Waals surface area (Å²) in [7, 11) is 0. The van der Waals surface area contributed by atoms with E-state index in [9.17, 15) is 27.1 Å². The van der Waals surface area contributed by atoms with E-state index in [1.54, 1.807) is 0 Å². The Bertz CT molecular complexity index is 486. The first-order chi connectivity index (χ1) is 9.93. The summed E-state index contributed by atoms with van der Waals surface area (Å²) in [6, 6.07) is 0. The summed E-state index contributed by atoms with van der Waals surface area (Å²) in [5, 5.41) is 9.72. The van der Waals surface area contributed by atoms with Gasteiger partial charge in [-0.25, -0.2) is 22.0 Å². The minimum atomic E-state index is -2.22. The van der Waals surface area contributed by atoms with Crippen molar-refractivity contribution >= 4 is 0 Å². The first-order valence-electron chi connectivity index (χ1n) is 6.74. The predicted octanol–water partition coefficient (Wildman–Crippen LogP) is 3.76. The Morgan fingerprint density at radius 1 is 1.00 bits per heavy atom. The molecule has 0 aliphatic carbocycles. The SMILES string of the molecule is OC(CCCC1CCCO1)c1c(F)c(F)c(F)c(F)c1F. The predicted molar refractivity (Wildman–Crippen MR) is 64.0 cm³/mol. The van der Waals surface area contributed by atoms with E-state index < -0.39 is 40.8 Å².